The van der Waals surface area contributed by atoms with Gasteiger partial charge < -0.3 is 19.6 Å². The predicted molar refractivity (Wildman–Crippen MR) is 73.7 cm³/mol. The van der Waals surface area contributed by atoms with Crippen LogP contribution >= 0.6 is 0 Å². The van der Waals surface area contributed by atoms with Crippen molar-refractivity contribution in [3.8, 4) is 0 Å². The van der Waals surface area contributed by atoms with Crippen molar-refractivity contribution in [1.82, 2.24) is 9.80 Å². The highest BCUT2D eigenvalue weighted by molar-refractivity contribution is 5.84. The molecule has 2 aliphatic rings. The maximum atomic E-state index is 12.6. The minimum Gasteiger partial charge on any atom is -0.481 e. The van der Waals surface area contributed by atoms with Crippen LogP contribution in [0.3, 0.4) is 0 Å². The number of hydrogen-bond donors (Lipinski definition) is 1. The number of rotatable bonds is 2. The zero-order chi connectivity index (χ0) is 15.4. The van der Waals surface area contributed by atoms with E-state index in [0.717, 1.165) is 12.8 Å². The average Bonchev–Trinajstić information content (AvgIpc) is 2.53. The van der Waals surface area contributed by atoms with Gasteiger partial charge in [-0.05, 0) is 32.1 Å². The van der Waals surface area contributed by atoms with Crippen LogP contribution in [0.4, 0.5) is 4.79 Å². The van der Waals surface area contributed by atoms with Gasteiger partial charge in [-0.15, -0.1) is 0 Å². The van der Waals surface area contributed by atoms with Crippen LogP contribution in [0, 0.1) is 5.92 Å². The van der Waals surface area contributed by atoms with Gasteiger partial charge in [0, 0.05) is 19.6 Å². The summed E-state index contributed by atoms with van der Waals surface area (Å²) in [5.74, 6) is -1.54. The number of carboxylic acid groups (broad SMARTS) is 1. The number of piperidine rings is 2. The molecule has 0 aromatic heterocycles. The summed E-state index contributed by atoms with van der Waals surface area (Å²) in [6.45, 7) is 1.41. The van der Waals surface area contributed by atoms with E-state index in [1.54, 1.807) is 9.80 Å². The second-order valence-corrected chi connectivity index (χ2v) is 5.61. The number of nitrogens with zero attached hydrogens (tertiary/aromatic N) is 2. The molecule has 0 aliphatic carbocycles. The Morgan fingerprint density at radius 2 is 1.71 bits per heavy atom. The Kier molecular flexibility index (Phi) is 5.03. The van der Waals surface area contributed by atoms with Gasteiger partial charge in [-0.25, -0.2) is 9.59 Å². The number of amides is 2. The topological polar surface area (TPSA) is 87.2 Å². The number of hydrogen-bond acceptors (Lipinski definition) is 4. The third-order valence-corrected chi connectivity index (χ3v) is 4.34. The second-order valence-electron chi connectivity index (χ2n) is 5.61. The number of ether oxygens (including phenoxy) is 1. The van der Waals surface area contributed by atoms with E-state index in [9.17, 15) is 14.4 Å². The monoisotopic (exact) mass is 298 g/mol. The van der Waals surface area contributed by atoms with Gasteiger partial charge in [-0.3, -0.25) is 4.79 Å². The maximum absolute atomic E-state index is 12.6. The molecule has 2 amide bonds. The first kappa shape index (κ1) is 15.6. The lowest BCUT2D eigenvalue weighted by Gasteiger charge is -2.39. The number of carbonyl (C=O) groups excluding carboxylic acids is 2. The van der Waals surface area contributed by atoms with Crippen LogP contribution < -0.4 is 0 Å². The zero-order valence-corrected chi connectivity index (χ0v) is 12.3. The van der Waals surface area contributed by atoms with Gasteiger partial charge in [0.25, 0.3) is 0 Å². The highest BCUT2D eigenvalue weighted by Crippen LogP contribution is 2.23. The second kappa shape index (κ2) is 6.78. The molecule has 2 aliphatic heterocycles. The minimum absolute atomic E-state index is 0.172. The van der Waals surface area contributed by atoms with Gasteiger partial charge in [0.1, 0.15) is 6.04 Å². The molecule has 21 heavy (non-hydrogen) atoms. The van der Waals surface area contributed by atoms with Crippen LogP contribution in [0.15, 0.2) is 0 Å². The van der Waals surface area contributed by atoms with Gasteiger partial charge in [0.2, 0.25) is 0 Å². The molecule has 2 rings (SSSR count). The Morgan fingerprint density at radius 3 is 2.29 bits per heavy atom. The van der Waals surface area contributed by atoms with Crippen molar-refractivity contribution in [1.29, 1.82) is 0 Å². The molecule has 2 fully saturated rings. The molecular formula is C14H22N2O5. The van der Waals surface area contributed by atoms with E-state index in [1.807, 2.05) is 0 Å². The number of methoxy groups -OCH3 is 1. The molecule has 0 aromatic carbocycles. The van der Waals surface area contributed by atoms with Crippen LogP contribution in [0.1, 0.15) is 32.1 Å². The molecule has 0 saturated carbocycles. The van der Waals surface area contributed by atoms with E-state index in [1.165, 1.54) is 7.11 Å². The quantitative estimate of drug-likeness (QED) is 0.766. The number of likely N-dealkylation sites (tertiary alicyclic amines) is 2. The smallest absolute Gasteiger partial charge is 0.328 e. The number of urea groups is 1. The van der Waals surface area contributed by atoms with Crippen molar-refractivity contribution >= 4 is 18.0 Å². The summed E-state index contributed by atoms with van der Waals surface area (Å²) >= 11 is 0. The highest BCUT2D eigenvalue weighted by Gasteiger charge is 2.36. The number of carboxylic acids is 1. The van der Waals surface area contributed by atoms with E-state index < -0.39 is 12.0 Å². The van der Waals surface area contributed by atoms with Crippen molar-refractivity contribution in [2.24, 2.45) is 5.92 Å². The SMILES string of the molecule is COC(=O)C1CCCCN1C(=O)N1CCC(C(=O)O)CC1. The summed E-state index contributed by atoms with van der Waals surface area (Å²) < 4.78 is 4.78. The Labute approximate surface area is 123 Å². The summed E-state index contributed by atoms with van der Waals surface area (Å²) in [6, 6.07) is -0.678. The molecule has 2 heterocycles. The zero-order valence-electron chi connectivity index (χ0n) is 12.3. The highest BCUT2D eigenvalue weighted by atomic mass is 16.5. The van der Waals surface area contributed by atoms with E-state index in [-0.39, 0.29) is 17.9 Å². The van der Waals surface area contributed by atoms with Gasteiger partial charge >= 0.3 is 18.0 Å². The fraction of sp³-hybridized carbons (Fsp3) is 0.786. The molecule has 7 nitrogen and oxygen atoms in total. The third-order valence-electron chi connectivity index (χ3n) is 4.34. The van der Waals surface area contributed by atoms with Gasteiger partial charge in [0.05, 0.1) is 13.0 Å². The van der Waals surface area contributed by atoms with E-state index in [0.29, 0.717) is 38.9 Å². The molecule has 0 spiro atoms. The van der Waals surface area contributed by atoms with Crippen LogP contribution in [0.5, 0.6) is 0 Å². The lowest BCUT2D eigenvalue weighted by Crippen LogP contribution is -2.55. The molecular weight excluding hydrogens is 276 g/mol. The van der Waals surface area contributed by atoms with Crippen molar-refractivity contribution in [3.05, 3.63) is 0 Å². The lowest BCUT2D eigenvalue weighted by molar-refractivity contribution is -0.147. The maximum Gasteiger partial charge on any atom is 0.328 e. The molecule has 0 radical (unpaired) electrons. The Bertz CT molecular complexity index is 418. The van der Waals surface area contributed by atoms with Crippen LogP contribution in [-0.4, -0.2) is 65.7 Å². The Hall–Kier alpha value is -1.79. The van der Waals surface area contributed by atoms with Crippen molar-refractivity contribution in [2.75, 3.05) is 26.7 Å². The first-order valence-corrected chi connectivity index (χ1v) is 7.40. The summed E-state index contributed by atoms with van der Waals surface area (Å²) in [5.41, 5.74) is 0. The van der Waals surface area contributed by atoms with E-state index >= 15 is 0 Å². The summed E-state index contributed by atoms with van der Waals surface area (Å²) in [6.07, 6.45) is 3.36. The summed E-state index contributed by atoms with van der Waals surface area (Å²) in [4.78, 5) is 38.5. The van der Waals surface area contributed by atoms with Crippen molar-refractivity contribution in [2.45, 2.75) is 38.1 Å². The Balaban J connectivity index is 1.98. The van der Waals surface area contributed by atoms with Crippen LogP contribution in [0.25, 0.3) is 0 Å². The van der Waals surface area contributed by atoms with Crippen molar-refractivity contribution in [3.63, 3.8) is 0 Å². The first-order chi connectivity index (χ1) is 10.0. The van der Waals surface area contributed by atoms with Crippen molar-refractivity contribution < 1.29 is 24.2 Å². The number of aliphatic carboxylic acids is 1. The van der Waals surface area contributed by atoms with Gasteiger partial charge in [-0.1, -0.05) is 0 Å². The Morgan fingerprint density at radius 1 is 1.05 bits per heavy atom. The molecule has 1 N–H and O–H groups in total. The molecule has 1 unspecified atom stereocenters. The number of carbonyl (C=O) groups is 3. The van der Waals surface area contributed by atoms with Gasteiger partial charge in [0.15, 0.2) is 0 Å². The van der Waals surface area contributed by atoms with Crippen LogP contribution in [-0.2, 0) is 14.3 Å². The fourth-order valence-electron chi connectivity index (χ4n) is 3.04. The molecule has 0 aromatic rings. The molecule has 1 atom stereocenters. The molecule has 0 bridgehead atoms. The van der Waals surface area contributed by atoms with E-state index in [4.69, 9.17) is 9.84 Å². The number of esters is 1. The molecule has 118 valence electrons. The predicted octanol–water partition coefficient (Wildman–Crippen LogP) is 0.930. The van der Waals surface area contributed by atoms with Gasteiger partial charge in [-0.2, -0.15) is 0 Å². The standard InChI is InChI=1S/C14H22N2O5/c1-21-13(19)11-4-2-3-7-16(11)14(20)15-8-5-10(6-9-15)12(17)18/h10-11H,2-9H2,1H3,(H,17,18). The average molecular weight is 298 g/mol. The lowest BCUT2D eigenvalue weighted by atomic mass is 9.97. The first-order valence-electron chi connectivity index (χ1n) is 7.40. The molecule has 7 heteroatoms. The molecule has 2 saturated heterocycles. The third kappa shape index (κ3) is 3.46. The van der Waals surface area contributed by atoms with E-state index in [2.05, 4.69) is 0 Å². The van der Waals surface area contributed by atoms with Crippen LogP contribution in [0.2, 0.25) is 0 Å². The normalized spacial score (nSPS) is 23.8. The summed E-state index contributed by atoms with van der Waals surface area (Å²) in [7, 11) is 1.33. The largest absolute Gasteiger partial charge is 0.481 e. The minimum atomic E-state index is -0.799. The summed E-state index contributed by atoms with van der Waals surface area (Å²) in [5, 5.41) is 8.98. The fourth-order valence-corrected chi connectivity index (χ4v) is 3.04.